The van der Waals surface area contributed by atoms with Gasteiger partial charge in [-0.05, 0) is 31.2 Å². The van der Waals surface area contributed by atoms with E-state index in [2.05, 4.69) is 20.2 Å². The van der Waals surface area contributed by atoms with Crippen molar-refractivity contribution < 1.29 is 32.5 Å². The molecule has 2 aliphatic rings. The molecule has 2 aliphatic heterocycles. The van der Waals surface area contributed by atoms with Gasteiger partial charge in [-0.2, -0.15) is 23.4 Å². The smallest absolute Gasteiger partial charge is 0.388 e. The third-order valence-corrected chi connectivity index (χ3v) is 7.98. The van der Waals surface area contributed by atoms with Crippen molar-refractivity contribution in [2.24, 2.45) is 15.9 Å². The molecule has 0 amide bonds. The first-order valence-corrected chi connectivity index (χ1v) is 13.5. The average Bonchev–Trinajstić information content (AvgIpc) is 3.61. The molecule has 3 aromatic rings. The summed E-state index contributed by atoms with van der Waals surface area (Å²) in [5.41, 5.74) is -0.322. The lowest BCUT2D eigenvalue weighted by molar-refractivity contribution is -0.185. The molecule has 4 heterocycles. The number of nitrogens with zero attached hydrogens (tertiary/aromatic N) is 5. The summed E-state index contributed by atoms with van der Waals surface area (Å²) < 4.78 is 61.0. The van der Waals surface area contributed by atoms with E-state index in [0.29, 0.717) is 10.7 Å². The van der Waals surface area contributed by atoms with Crippen LogP contribution in [0, 0.1) is 6.92 Å². The molecule has 16 heteroatoms. The minimum Gasteiger partial charge on any atom is -0.388 e. The Hall–Kier alpha value is -2.59. The van der Waals surface area contributed by atoms with Gasteiger partial charge in [0.05, 0.1) is 35.5 Å². The molecule has 6 atom stereocenters. The molecule has 0 bridgehead atoms. The molecule has 0 saturated carbocycles. The Labute approximate surface area is 240 Å². The molecule has 40 heavy (non-hydrogen) atoms. The summed E-state index contributed by atoms with van der Waals surface area (Å²) in [6, 6.07) is 4.03. The van der Waals surface area contributed by atoms with Gasteiger partial charge in [0, 0.05) is 17.5 Å². The number of nitrogens with two attached hydrogens (primary N) is 1. The van der Waals surface area contributed by atoms with Crippen molar-refractivity contribution in [3.63, 3.8) is 0 Å². The van der Waals surface area contributed by atoms with Crippen LogP contribution in [-0.2, 0) is 20.4 Å². The Morgan fingerprint density at radius 3 is 2.73 bits per heavy atom. The van der Waals surface area contributed by atoms with E-state index in [9.17, 15) is 18.3 Å². The van der Waals surface area contributed by atoms with Crippen LogP contribution in [0.2, 0.25) is 10.2 Å². The minimum absolute atomic E-state index is 0.0325. The van der Waals surface area contributed by atoms with Gasteiger partial charge in [-0.25, -0.2) is 9.67 Å². The van der Waals surface area contributed by atoms with Gasteiger partial charge in [-0.1, -0.05) is 23.2 Å². The van der Waals surface area contributed by atoms with Crippen LogP contribution in [0.3, 0.4) is 0 Å². The van der Waals surface area contributed by atoms with Crippen LogP contribution in [0.15, 0.2) is 39.7 Å². The lowest BCUT2D eigenvalue weighted by Crippen LogP contribution is -2.55. The molecule has 4 unspecified atom stereocenters. The molecule has 1 aromatic carbocycles. The number of methoxy groups -OCH3 is 1. The third-order valence-electron chi connectivity index (χ3n) is 6.56. The summed E-state index contributed by atoms with van der Waals surface area (Å²) in [6.45, 7) is 1.60. The van der Waals surface area contributed by atoms with E-state index in [1.807, 2.05) is 0 Å². The third kappa shape index (κ3) is 5.49. The number of aliphatic hydroxyl groups excluding tert-OH is 1. The summed E-state index contributed by atoms with van der Waals surface area (Å²) >= 11 is 13.3. The quantitative estimate of drug-likeness (QED) is 0.243. The van der Waals surface area contributed by atoms with Crippen molar-refractivity contribution in [2.45, 2.75) is 49.7 Å². The average molecular weight is 619 g/mol. The number of ether oxygens (including phenoxy) is 3. The number of aliphatic imine (C=N–C) groups is 1. The molecule has 0 spiro atoms. The van der Waals surface area contributed by atoms with Crippen molar-refractivity contribution in [3.8, 4) is 5.69 Å². The van der Waals surface area contributed by atoms with Gasteiger partial charge in [0.1, 0.15) is 52.4 Å². The standard InChI is InChI=1S/C24H23Cl2F3N6O4S/c1-10-5-15(35(34-10)14-6-11(25)3-4-12(14)24(27,28)29)19-21(37-2)18(22-20(39-19)16(36)8-38-22)31-7-13(33-30)23-32-17(26)9-40-23/h3-7,9,16,18-22,36H,8,30H2,1-2H3/b31-7?,33-13+/t16?,18?,19-,20?,21?,22+/m0/s1. The summed E-state index contributed by atoms with van der Waals surface area (Å²) in [5.74, 6) is 5.57. The van der Waals surface area contributed by atoms with Gasteiger partial charge < -0.3 is 25.2 Å². The van der Waals surface area contributed by atoms with Gasteiger partial charge in [0.2, 0.25) is 0 Å². The fourth-order valence-electron chi connectivity index (χ4n) is 4.87. The Balaban J connectivity index is 1.59. The Morgan fingerprint density at radius 1 is 1.30 bits per heavy atom. The van der Waals surface area contributed by atoms with E-state index in [1.54, 1.807) is 18.4 Å². The lowest BCUT2D eigenvalue weighted by Gasteiger charge is -2.42. The number of thiazole rings is 1. The van der Waals surface area contributed by atoms with Gasteiger partial charge in [0.15, 0.2) is 0 Å². The zero-order chi connectivity index (χ0) is 28.8. The fraction of sp³-hybridized carbons (Fsp3) is 0.417. The topological polar surface area (TPSA) is 129 Å². The van der Waals surface area contributed by atoms with Crippen molar-refractivity contribution in [2.75, 3.05) is 13.7 Å². The first kappa shape index (κ1) is 28.9. The number of fused-ring (bicyclic) bond motifs is 1. The van der Waals surface area contributed by atoms with E-state index in [0.717, 1.165) is 16.8 Å². The second-order valence-corrected chi connectivity index (χ2v) is 10.8. The number of halogens is 5. The second kappa shape index (κ2) is 11.4. The van der Waals surface area contributed by atoms with E-state index in [1.165, 1.54) is 30.7 Å². The first-order chi connectivity index (χ1) is 19.0. The molecule has 2 saturated heterocycles. The fourth-order valence-corrected chi connectivity index (χ4v) is 5.94. The van der Waals surface area contributed by atoms with Gasteiger partial charge in [-0.3, -0.25) is 4.99 Å². The van der Waals surface area contributed by atoms with Crippen molar-refractivity contribution in [1.29, 1.82) is 0 Å². The number of aliphatic hydroxyl groups is 1. The monoisotopic (exact) mass is 618 g/mol. The van der Waals surface area contributed by atoms with Crippen LogP contribution >= 0.6 is 34.5 Å². The molecule has 214 valence electrons. The minimum atomic E-state index is -4.69. The lowest BCUT2D eigenvalue weighted by atomic mass is 9.90. The maximum Gasteiger partial charge on any atom is 0.418 e. The summed E-state index contributed by atoms with van der Waals surface area (Å²) in [7, 11) is 1.42. The number of benzene rings is 1. The number of hydrogen-bond donors (Lipinski definition) is 2. The van der Waals surface area contributed by atoms with E-state index < -0.39 is 48.3 Å². The molecule has 2 fully saturated rings. The summed E-state index contributed by atoms with van der Waals surface area (Å²) in [4.78, 5) is 8.79. The first-order valence-electron chi connectivity index (χ1n) is 11.9. The Kier molecular flexibility index (Phi) is 8.21. The Bertz CT molecular complexity index is 1450. The van der Waals surface area contributed by atoms with E-state index in [-0.39, 0.29) is 33.9 Å². The maximum atomic E-state index is 14.0. The van der Waals surface area contributed by atoms with Crippen LogP contribution in [0.25, 0.3) is 5.69 Å². The number of alkyl halides is 3. The van der Waals surface area contributed by atoms with Crippen molar-refractivity contribution in [1.82, 2.24) is 14.8 Å². The Morgan fingerprint density at radius 2 is 2.08 bits per heavy atom. The number of aromatic nitrogens is 3. The number of hydrogen-bond acceptors (Lipinski definition) is 10. The van der Waals surface area contributed by atoms with Crippen LogP contribution in [0.4, 0.5) is 13.2 Å². The molecular formula is C24H23Cl2F3N6O4S. The van der Waals surface area contributed by atoms with Crippen molar-refractivity contribution in [3.05, 3.63) is 61.8 Å². The van der Waals surface area contributed by atoms with Crippen LogP contribution < -0.4 is 5.84 Å². The van der Waals surface area contributed by atoms with E-state index in [4.69, 9.17) is 43.3 Å². The zero-order valence-corrected chi connectivity index (χ0v) is 23.2. The second-order valence-electron chi connectivity index (χ2n) is 9.13. The molecule has 5 rings (SSSR count). The highest BCUT2D eigenvalue weighted by molar-refractivity contribution is 7.13. The maximum absolute atomic E-state index is 14.0. The molecule has 2 aromatic heterocycles. The zero-order valence-electron chi connectivity index (χ0n) is 20.9. The highest BCUT2D eigenvalue weighted by Crippen LogP contribution is 2.42. The van der Waals surface area contributed by atoms with Crippen LogP contribution in [0.1, 0.15) is 28.1 Å². The normalized spacial score (nSPS) is 27.4. The number of aryl methyl sites for hydroxylation is 1. The number of hydrazone groups is 1. The number of rotatable bonds is 6. The summed E-state index contributed by atoms with van der Waals surface area (Å²) in [6.07, 6.45) is -7.81. The molecule has 0 radical (unpaired) electrons. The SMILES string of the molecule is COC1C(N=C/C(=N\N)c2nc(Cl)cs2)[C@H]2OCC(O)C2O[C@H]1c1cc(C)nn1-c1cc(Cl)ccc1C(F)(F)F. The molecular weight excluding hydrogens is 596 g/mol. The van der Waals surface area contributed by atoms with Crippen LogP contribution in [0.5, 0.6) is 0 Å². The largest absolute Gasteiger partial charge is 0.418 e. The predicted molar refractivity (Wildman–Crippen MR) is 143 cm³/mol. The van der Waals surface area contributed by atoms with E-state index >= 15 is 0 Å². The van der Waals surface area contributed by atoms with Crippen LogP contribution in [-0.4, -0.2) is 76.0 Å². The van der Waals surface area contributed by atoms with Crippen molar-refractivity contribution >= 4 is 46.5 Å². The van der Waals surface area contributed by atoms with Gasteiger partial charge in [-0.15, -0.1) is 11.3 Å². The molecule has 3 N–H and O–H groups in total. The molecule has 10 nitrogen and oxygen atoms in total. The summed E-state index contributed by atoms with van der Waals surface area (Å²) in [5, 5.41) is 21.1. The van der Waals surface area contributed by atoms with Gasteiger partial charge in [0.25, 0.3) is 0 Å². The highest BCUT2D eigenvalue weighted by atomic mass is 35.5. The highest BCUT2D eigenvalue weighted by Gasteiger charge is 2.54. The predicted octanol–water partition coefficient (Wildman–Crippen LogP) is 3.98. The molecule has 0 aliphatic carbocycles. The van der Waals surface area contributed by atoms with Gasteiger partial charge >= 0.3 is 6.18 Å².